The van der Waals surface area contributed by atoms with Gasteiger partial charge in [0, 0.05) is 23.0 Å². The van der Waals surface area contributed by atoms with Crippen molar-refractivity contribution in [3.05, 3.63) is 23.8 Å². The minimum atomic E-state index is -0.0891. The molecule has 1 aromatic carbocycles. The predicted octanol–water partition coefficient (Wildman–Crippen LogP) is 3.00. The first kappa shape index (κ1) is 15.2. The van der Waals surface area contributed by atoms with Gasteiger partial charge >= 0.3 is 0 Å². The van der Waals surface area contributed by atoms with Crippen LogP contribution in [0.3, 0.4) is 0 Å². The Balaban J connectivity index is 2.01. The van der Waals surface area contributed by atoms with Crippen molar-refractivity contribution in [3.8, 4) is 11.5 Å². The lowest BCUT2D eigenvalue weighted by Crippen LogP contribution is -2.31. The molecule has 0 saturated heterocycles. The Bertz CT molecular complexity index is 456. The smallest absolute Gasteiger partial charge is 0.251 e. The zero-order valence-electron chi connectivity index (χ0n) is 11.8. The monoisotopic (exact) mass is 341 g/mol. The molecular weight excluding hydrogens is 322 g/mol. The average molecular weight is 342 g/mol. The van der Waals surface area contributed by atoms with E-state index in [0.717, 1.165) is 6.42 Å². The van der Waals surface area contributed by atoms with Gasteiger partial charge in [-0.05, 0) is 30.9 Å². The molecule has 1 aliphatic carbocycles. The van der Waals surface area contributed by atoms with Crippen LogP contribution < -0.4 is 14.8 Å². The fraction of sp³-hybridized carbons (Fsp3) is 0.533. The van der Waals surface area contributed by atoms with Gasteiger partial charge in [-0.2, -0.15) is 0 Å². The lowest BCUT2D eigenvalue weighted by atomic mass is 10.1. The van der Waals surface area contributed by atoms with Crippen LogP contribution in [-0.4, -0.2) is 31.5 Å². The van der Waals surface area contributed by atoms with Crippen LogP contribution in [0.25, 0.3) is 0 Å². The highest BCUT2D eigenvalue weighted by Crippen LogP contribution is 2.31. The van der Waals surface area contributed by atoms with E-state index in [-0.39, 0.29) is 5.91 Å². The van der Waals surface area contributed by atoms with Crippen LogP contribution in [0.4, 0.5) is 0 Å². The molecule has 2 atom stereocenters. The third-order valence-corrected chi connectivity index (χ3v) is 4.91. The molecule has 1 fully saturated rings. The Hall–Kier alpha value is -1.23. The van der Waals surface area contributed by atoms with Gasteiger partial charge in [0.15, 0.2) is 0 Å². The van der Waals surface area contributed by atoms with E-state index in [1.165, 1.54) is 12.8 Å². The fourth-order valence-electron chi connectivity index (χ4n) is 2.49. The van der Waals surface area contributed by atoms with Crippen LogP contribution in [0.15, 0.2) is 18.2 Å². The number of methoxy groups -OCH3 is 2. The zero-order chi connectivity index (χ0) is 14.5. The number of carbonyl (C=O) groups excluding carboxylic acids is 1. The molecular formula is C15H20BrNO3. The van der Waals surface area contributed by atoms with Gasteiger partial charge in [-0.15, -0.1) is 0 Å². The maximum absolute atomic E-state index is 12.2. The molecule has 0 spiro atoms. The van der Waals surface area contributed by atoms with Crippen LogP contribution in [-0.2, 0) is 0 Å². The second-order valence-corrected chi connectivity index (χ2v) is 6.19. The first-order chi connectivity index (χ1) is 9.63. The summed E-state index contributed by atoms with van der Waals surface area (Å²) in [6, 6.07) is 5.19. The van der Waals surface area contributed by atoms with Gasteiger partial charge in [-0.1, -0.05) is 22.4 Å². The van der Waals surface area contributed by atoms with Crippen molar-refractivity contribution in [1.29, 1.82) is 0 Å². The standard InChI is InChI=1S/C15H20BrNO3/c1-19-12-6-11(7-13(8-12)20-2)15(18)17-9-10-4-3-5-14(10)16/h6-8,10,14H,3-5,9H2,1-2H3,(H,17,18). The molecule has 0 aromatic heterocycles. The summed E-state index contributed by atoms with van der Waals surface area (Å²) >= 11 is 3.67. The molecule has 0 radical (unpaired) electrons. The summed E-state index contributed by atoms with van der Waals surface area (Å²) < 4.78 is 10.3. The molecule has 4 nitrogen and oxygen atoms in total. The van der Waals surface area contributed by atoms with Crippen LogP contribution in [0.1, 0.15) is 29.6 Å². The number of halogens is 1. The molecule has 0 heterocycles. The molecule has 1 N–H and O–H groups in total. The molecule has 1 saturated carbocycles. The summed E-state index contributed by atoms with van der Waals surface area (Å²) in [6.45, 7) is 0.703. The predicted molar refractivity (Wildman–Crippen MR) is 81.9 cm³/mol. The van der Waals surface area contributed by atoms with E-state index in [1.807, 2.05) is 0 Å². The normalized spacial score (nSPS) is 21.6. The Morgan fingerprint density at radius 1 is 1.25 bits per heavy atom. The van der Waals surface area contributed by atoms with E-state index < -0.39 is 0 Å². The summed E-state index contributed by atoms with van der Waals surface area (Å²) in [7, 11) is 3.15. The molecule has 2 rings (SSSR count). The van der Waals surface area contributed by atoms with Crippen molar-refractivity contribution >= 4 is 21.8 Å². The second kappa shape index (κ2) is 6.97. The van der Waals surface area contributed by atoms with Gasteiger partial charge < -0.3 is 14.8 Å². The number of nitrogens with one attached hydrogen (secondary N) is 1. The number of benzene rings is 1. The lowest BCUT2D eigenvalue weighted by molar-refractivity contribution is 0.0947. The van der Waals surface area contributed by atoms with Crippen LogP contribution in [0, 0.1) is 5.92 Å². The molecule has 0 bridgehead atoms. The lowest BCUT2D eigenvalue weighted by Gasteiger charge is -2.15. The van der Waals surface area contributed by atoms with Gasteiger partial charge in [0.1, 0.15) is 11.5 Å². The Labute approximate surface area is 128 Å². The third-order valence-electron chi connectivity index (χ3n) is 3.70. The van der Waals surface area contributed by atoms with Crippen molar-refractivity contribution in [1.82, 2.24) is 5.32 Å². The fourth-order valence-corrected chi connectivity index (χ4v) is 3.26. The molecule has 1 aliphatic rings. The minimum absolute atomic E-state index is 0.0891. The molecule has 1 amide bonds. The number of hydrogen-bond donors (Lipinski definition) is 1. The van der Waals surface area contributed by atoms with Gasteiger partial charge in [-0.3, -0.25) is 4.79 Å². The summed E-state index contributed by atoms with van der Waals surface area (Å²) in [5.41, 5.74) is 0.560. The van der Waals surface area contributed by atoms with Gasteiger partial charge in [0.25, 0.3) is 5.91 Å². The first-order valence-electron chi connectivity index (χ1n) is 6.79. The van der Waals surface area contributed by atoms with Gasteiger partial charge in [0.05, 0.1) is 14.2 Å². The maximum atomic E-state index is 12.2. The maximum Gasteiger partial charge on any atom is 0.251 e. The number of hydrogen-bond acceptors (Lipinski definition) is 3. The second-order valence-electron chi connectivity index (χ2n) is 5.02. The number of ether oxygens (including phenoxy) is 2. The summed E-state index contributed by atoms with van der Waals surface area (Å²) in [6.07, 6.45) is 3.58. The van der Waals surface area contributed by atoms with E-state index in [2.05, 4.69) is 21.2 Å². The minimum Gasteiger partial charge on any atom is -0.497 e. The van der Waals surface area contributed by atoms with Crippen LogP contribution in [0.5, 0.6) is 11.5 Å². The van der Waals surface area contributed by atoms with E-state index >= 15 is 0 Å². The van der Waals surface area contributed by atoms with E-state index in [4.69, 9.17) is 9.47 Å². The largest absolute Gasteiger partial charge is 0.497 e. The molecule has 5 heteroatoms. The highest BCUT2D eigenvalue weighted by molar-refractivity contribution is 9.09. The Morgan fingerprint density at radius 2 is 1.90 bits per heavy atom. The van der Waals surface area contributed by atoms with Crippen molar-refractivity contribution < 1.29 is 14.3 Å². The average Bonchev–Trinajstić information content (AvgIpc) is 2.89. The molecule has 20 heavy (non-hydrogen) atoms. The number of carbonyl (C=O) groups is 1. The third kappa shape index (κ3) is 3.66. The summed E-state index contributed by atoms with van der Waals surface area (Å²) in [5, 5.41) is 2.99. The molecule has 2 unspecified atom stereocenters. The van der Waals surface area contributed by atoms with Crippen molar-refractivity contribution in [2.75, 3.05) is 20.8 Å². The zero-order valence-corrected chi connectivity index (χ0v) is 13.4. The van der Waals surface area contributed by atoms with Crippen molar-refractivity contribution in [2.45, 2.75) is 24.1 Å². The molecule has 110 valence electrons. The highest BCUT2D eigenvalue weighted by Gasteiger charge is 2.25. The van der Waals surface area contributed by atoms with Crippen molar-refractivity contribution in [2.24, 2.45) is 5.92 Å². The van der Waals surface area contributed by atoms with E-state index in [1.54, 1.807) is 32.4 Å². The van der Waals surface area contributed by atoms with E-state index in [9.17, 15) is 4.79 Å². The Kier molecular flexibility index (Phi) is 5.29. The number of alkyl halides is 1. The van der Waals surface area contributed by atoms with Crippen LogP contribution in [0.2, 0.25) is 0 Å². The van der Waals surface area contributed by atoms with Crippen molar-refractivity contribution in [3.63, 3.8) is 0 Å². The van der Waals surface area contributed by atoms with Crippen LogP contribution >= 0.6 is 15.9 Å². The number of amides is 1. The molecule has 0 aliphatic heterocycles. The quantitative estimate of drug-likeness (QED) is 0.837. The van der Waals surface area contributed by atoms with E-state index in [0.29, 0.717) is 34.4 Å². The summed E-state index contributed by atoms with van der Waals surface area (Å²) in [5.74, 6) is 1.67. The highest BCUT2D eigenvalue weighted by atomic mass is 79.9. The van der Waals surface area contributed by atoms with Gasteiger partial charge in [0.2, 0.25) is 0 Å². The number of rotatable bonds is 5. The summed E-state index contributed by atoms with van der Waals surface area (Å²) in [4.78, 5) is 12.7. The van der Waals surface area contributed by atoms with Gasteiger partial charge in [-0.25, -0.2) is 0 Å². The SMILES string of the molecule is COc1cc(OC)cc(C(=O)NCC2CCCC2Br)c1. The topological polar surface area (TPSA) is 47.6 Å². The Morgan fingerprint density at radius 3 is 2.40 bits per heavy atom. The first-order valence-corrected chi connectivity index (χ1v) is 7.71. The molecule has 1 aromatic rings.